The van der Waals surface area contributed by atoms with Crippen LogP contribution in [0.25, 0.3) is 32.7 Å². The lowest BCUT2D eigenvalue weighted by molar-refractivity contribution is 1.09. The number of rotatable bonds is 3. The number of pyridine rings is 2. The van der Waals surface area contributed by atoms with Crippen LogP contribution in [-0.2, 0) is 0 Å². The second-order valence-corrected chi connectivity index (χ2v) is 5.54. The quantitative estimate of drug-likeness (QED) is 0.629. The van der Waals surface area contributed by atoms with E-state index in [2.05, 4.69) is 30.1 Å². The van der Waals surface area contributed by atoms with Crippen molar-refractivity contribution in [1.82, 2.24) is 30.1 Å². The average Bonchev–Trinajstić information content (AvgIpc) is 3.28. The lowest BCUT2D eigenvalue weighted by atomic mass is 10.2. The fourth-order valence-corrected chi connectivity index (χ4v) is 2.92. The topological polar surface area (TPSA) is 80.2 Å². The molecule has 7 heteroatoms. The Morgan fingerprint density at radius 1 is 0.955 bits per heavy atom. The predicted octanol–water partition coefficient (Wildman–Crippen LogP) is 3.05. The Kier molecular flexibility index (Phi) is 3.17. The monoisotopic (exact) mass is 306 g/mol. The van der Waals surface area contributed by atoms with Gasteiger partial charge in [-0.05, 0) is 24.3 Å². The summed E-state index contributed by atoms with van der Waals surface area (Å²) in [6.07, 6.45) is 6.86. The van der Waals surface area contributed by atoms with E-state index in [-0.39, 0.29) is 0 Å². The summed E-state index contributed by atoms with van der Waals surface area (Å²) >= 11 is 1.59. The fraction of sp³-hybridized carbons (Fsp3) is 0. The number of hydrogen-bond donors (Lipinski definition) is 1. The summed E-state index contributed by atoms with van der Waals surface area (Å²) in [5, 5.41) is 7.60. The first-order valence-corrected chi connectivity index (χ1v) is 7.41. The molecule has 0 atom stereocenters. The maximum absolute atomic E-state index is 4.61. The normalized spacial score (nSPS) is 10.7. The number of nitrogens with zero attached hydrogens (tertiary/aromatic N) is 5. The van der Waals surface area contributed by atoms with Gasteiger partial charge in [-0.25, -0.2) is 15.0 Å². The second kappa shape index (κ2) is 5.45. The highest BCUT2D eigenvalue weighted by molar-refractivity contribution is 7.18. The number of hydrogen-bond acceptors (Lipinski definition) is 6. The molecule has 0 aromatic carbocycles. The summed E-state index contributed by atoms with van der Waals surface area (Å²) in [6.45, 7) is 0. The standard InChI is InChI=1S/C15H10N6S/c1-4-11(20-12(5-1)14-18-9-19-21-14)13-8-17-15(22-13)10-3-2-6-16-7-10/h1-9H,(H,18,19,21). The lowest BCUT2D eigenvalue weighted by Gasteiger charge is -1.99. The minimum absolute atomic E-state index is 0.652. The van der Waals surface area contributed by atoms with Crippen LogP contribution >= 0.6 is 11.3 Å². The van der Waals surface area contributed by atoms with Crippen LogP contribution in [-0.4, -0.2) is 30.1 Å². The molecule has 4 heterocycles. The minimum Gasteiger partial charge on any atom is -0.264 e. The van der Waals surface area contributed by atoms with E-state index in [1.807, 2.05) is 36.5 Å². The molecule has 0 amide bonds. The molecule has 0 aliphatic carbocycles. The molecule has 0 unspecified atom stereocenters. The van der Waals surface area contributed by atoms with Gasteiger partial charge >= 0.3 is 0 Å². The zero-order valence-corrected chi connectivity index (χ0v) is 12.2. The van der Waals surface area contributed by atoms with E-state index >= 15 is 0 Å². The third kappa shape index (κ3) is 2.38. The summed E-state index contributed by atoms with van der Waals surface area (Å²) in [5.41, 5.74) is 2.62. The molecule has 0 aliphatic rings. The van der Waals surface area contributed by atoms with Crippen LogP contribution in [0.15, 0.2) is 55.2 Å². The maximum atomic E-state index is 4.61. The Bertz CT molecular complexity index is 885. The highest BCUT2D eigenvalue weighted by atomic mass is 32.1. The van der Waals surface area contributed by atoms with Gasteiger partial charge in [0.05, 0.1) is 10.6 Å². The Labute approximate surface area is 130 Å². The molecule has 0 aliphatic heterocycles. The zero-order valence-electron chi connectivity index (χ0n) is 11.3. The van der Waals surface area contributed by atoms with Gasteiger partial charge in [0.15, 0.2) is 5.82 Å². The van der Waals surface area contributed by atoms with Crippen molar-refractivity contribution >= 4 is 11.3 Å². The molecule has 6 nitrogen and oxygen atoms in total. The van der Waals surface area contributed by atoms with Crippen molar-refractivity contribution in [1.29, 1.82) is 0 Å². The number of H-pyrrole nitrogens is 1. The first kappa shape index (κ1) is 12.8. The predicted molar refractivity (Wildman–Crippen MR) is 84.0 cm³/mol. The second-order valence-electron chi connectivity index (χ2n) is 4.51. The molecular formula is C15H10N6S. The SMILES string of the molecule is c1cncc(-c2ncc(-c3cccc(-c4ncn[nH]4)n3)s2)c1. The van der Waals surface area contributed by atoms with Crippen molar-refractivity contribution in [3.63, 3.8) is 0 Å². The molecule has 0 radical (unpaired) electrons. The van der Waals surface area contributed by atoms with Gasteiger partial charge in [-0.15, -0.1) is 11.3 Å². The van der Waals surface area contributed by atoms with E-state index in [4.69, 9.17) is 0 Å². The van der Waals surface area contributed by atoms with Gasteiger partial charge in [0, 0.05) is 24.2 Å². The number of nitrogens with one attached hydrogen (secondary N) is 1. The van der Waals surface area contributed by atoms with Crippen LogP contribution in [0.3, 0.4) is 0 Å². The lowest BCUT2D eigenvalue weighted by Crippen LogP contribution is -1.87. The average molecular weight is 306 g/mol. The van der Waals surface area contributed by atoms with Gasteiger partial charge in [0.2, 0.25) is 0 Å². The van der Waals surface area contributed by atoms with Crippen LogP contribution in [0.1, 0.15) is 0 Å². The smallest absolute Gasteiger partial charge is 0.174 e. The summed E-state index contributed by atoms with van der Waals surface area (Å²) in [6, 6.07) is 9.70. The van der Waals surface area contributed by atoms with Gasteiger partial charge in [-0.2, -0.15) is 5.10 Å². The molecule has 106 valence electrons. The third-order valence-electron chi connectivity index (χ3n) is 3.07. The van der Waals surface area contributed by atoms with Crippen molar-refractivity contribution in [3.05, 3.63) is 55.2 Å². The van der Waals surface area contributed by atoms with Crippen molar-refractivity contribution in [2.24, 2.45) is 0 Å². The number of aromatic nitrogens is 6. The molecule has 4 aromatic heterocycles. The van der Waals surface area contributed by atoms with Gasteiger partial charge in [0.1, 0.15) is 17.0 Å². The zero-order chi connectivity index (χ0) is 14.8. The van der Waals surface area contributed by atoms with Crippen molar-refractivity contribution in [3.8, 4) is 32.7 Å². The van der Waals surface area contributed by atoms with Gasteiger partial charge in [0.25, 0.3) is 0 Å². The van der Waals surface area contributed by atoms with E-state index in [1.165, 1.54) is 6.33 Å². The summed E-state index contributed by atoms with van der Waals surface area (Å²) in [5.74, 6) is 0.652. The number of thiazole rings is 1. The van der Waals surface area contributed by atoms with Gasteiger partial charge < -0.3 is 0 Å². The molecule has 0 bridgehead atoms. The van der Waals surface area contributed by atoms with E-state index in [1.54, 1.807) is 23.7 Å². The first-order valence-electron chi connectivity index (χ1n) is 6.59. The molecule has 22 heavy (non-hydrogen) atoms. The third-order valence-corrected chi connectivity index (χ3v) is 4.14. The van der Waals surface area contributed by atoms with Crippen LogP contribution in [0.5, 0.6) is 0 Å². The Hall–Kier alpha value is -2.93. The maximum Gasteiger partial charge on any atom is 0.174 e. The number of aromatic amines is 1. The van der Waals surface area contributed by atoms with Crippen LogP contribution in [0, 0.1) is 0 Å². The van der Waals surface area contributed by atoms with Crippen molar-refractivity contribution in [2.45, 2.75) is 0 Å². The Morgan fingerprint density at radius 3 is 2.73 bits per heavy atom. The highest BCUT2D eigenvalue weighted by Gasteiger charge is 2.09. The first-order chi connectivity index (χ1) is 10.9. The largest absolute Gasteiger partial charge is 0.264 e. The van der Waals surface area contributed by atoms with E-state index < -0.39 is 0 Å². The van der Waals surface area contributed by atoms with E-state index in [9.17, 15) is 0 Å². The fourth-order valence-electron chi connectivity index (χ4n) is 2.05. The summed E-state index contributed by atoms with van der Waals surface area (Å²) < 4.78 is 0. The van der Waals surface area contributed by atoms with Gasteiger partial charge in [-0.1, -0.05) is 6.07 Å². The van der Waals surface area contributed by atoms with Crippen LogP contribution in [0.4, 0.5) is 0 Å². The van der Waals surface area contributed by atoms with Crippen LogP contribution < -0.4 is 0 Å². The molecule has 4 aromatic rings. The van der Waals surface area contributed by atoms with E-state index in [0.717, 1.165) is 26.8 Å². The Balaban J connectivity index is 1.71. The van der Waals surface area contributed by atoms with Crippen molar-refractivity contribution in [2.75, 3.05) is 0 Å². The summed E-state index contributed by atoms with van der Waals surface area (Å²) in [7, 11) is 0. The molecule has 0 saturated carbocycles. The highest BCUT2D eigenvalue weighted by Crippen LogP contribution is 2.31. The molecule has 4 rings (SSSR count). The Morgan fingerprint density at radius 2 is 1.91 bits per heavy atom. The molecular weight excluding hydrogens is 296 g/mol. The molecule has 1 N–H and O–H groups in total. The van der Waals surface area contributed by atoms with E-state index in [0.29, 0.717) is 5.82 Å². The summed E-state index contributed by atoms with van der Waals surface area (Å²) in [4.78, 5) is 18.3. The van der Waals surface area contributed by atoms with Gasteiger partial charge in [-0.3, -0.25) is 10.1 Å². The van der Waals surface area contributed by atoms with Crippen LogP contribution in [0.2, 0.25) is 0 Å². The molecule has 0 saturated heterocycles. The molecule has 0 spiro atoms. The molecule has 0 fully saturated rings. The van der Waals surface area contributed by atoms with Crippen molar-refractivity contribution < 1.29 is 0 Å². The minimum atomic E-state index is 0.652.